The zero-order valence-electron chi connectivity index (χ0n) is 18.3. The van der Waals surface area contributed by atoms with Crippen LogP contribution in [0, 0.1) is 50.7 Å². The third kappa shape index (κ3) is 3.22. The molecule has 2 N–H and O–H groups in total. The summed E-state index contributed by atoms with van der Waals surface area (Å²) in [5, 5.41) is 30.3. The van der Waals surface area contributed by atoms with Crippen LogP contribution in [0.5, 0.6) is 0 Å². The number of ether oxygens (including phenoxy) is 2. The molecule has 2 amide bonds. The summed E-state index contributed by atoms with van der Waals surface area (Å²) in [6.45, 7) is 4.85. The minimum atomic E-state index is -1.77. The van der Waals surface area contributed by atoms with Gasteiger partial charge in [-0.15, -0.1) is 0 Å². The molecular formula is C22H26N6O4. The summed E-state index contributed by atoms with van der Waals surface area (Å²) in [6.07, 6.45) is 1.40. The average Bonchev–Trinajstić information content (AvgIpc) is 2.81. The third-order valence-corrected chi connectivity index (χ3v) is 6.84. The van der Waals surface area contributed by atoms with Gasteiger partial charge in [-0.05, 0) is 32.3 Å². The van der Waals surface area contributed by atoms with Gasteiger partial charge in [-0.2, -0.15) is 15.8 Å². The van der Waals surface area contributed by atoms with Crippen LogP contribution in [0.15, 0.2) is 22.9 Å². The van der Waals surface area contributed by atoms with Crippen LogP contribution >= 0.6 is 0 Å². The van der Waals surface area contributed by atoms with Gasteiger partial charge in [-0.3, -0.25) is 0 Å². The van der Waals surface area contributed by atoms with Gasteiger partial charge in [0.05, 0.1) is 36.6 Å². The topological polar surface area (TPSA) is 156 Å². The summed E-state index contributed by atoms with van der Waals surface area (Å²) in [5.74, 6) is -0.480. The Balaban J connectivity index is 2.11. The molecule has 0 aromatic carbocycles. The number of hydrogen-bond acceptors (Lipinski definition) is 8. The van der Waals surface area contributed by atoms with Gasteiger partial charge in [0.1, 0.15) is 6.07 Å². The van der Waals surface area contributed by atoms with Gasteiger partial charge < -0.3 is 25.0 Å². The second-order valence-electron chi connectivity index (χ2n) is 8.03. The van der Waals surface area contributed by atoms with Crippen LogP contribution in [0.25, 0.3) is 0 Å². The Bertz CT molecular complexity index is 973. The van der Waals surface area contributed by atoms with E-state index in [1.54, 1.807) is 24.8 Å². The highest BCUT2D eigenvalue weighted by atomic mass is 16.6. The fraction of sp³-hybridized carbons (Fsp3) is 0.591. The molecule has 0 aromatic rings. The lowest BCUT2D eigenvalue weighted by Crippen LogP contribution is -2.61. The minimum absolute atomic E-state index is 0.0540. The van der Waals surface area contributed by atoms with Crippen LogP contribution < -0.4 is 5.73 Å². The van der Waals surface area contributed by atoms with Gasteiger partial charge >= 0.3 is 12.2 Å². The molecule has 1 aliphatic carbocycles. The van der Waals surface area contributed by atoms with Crippen molar-refractivity contribution in [2.75, 3.05) is 39.4 Å². The number of likely N-dealkylation sites (tertiary alicyclic amines) is 1. The van der Waals surface area contributed by atoms with Crippen molar-refractivity contribution >= 4 is 12.2 Å². The number of hydrogen-bond donors (Lipinski definition) is 1. The van der Waals surface area contributed by atoms with E-state index in [9.17, 15) is 25.4 Å². The van der Waals surface area contributed by atoms with E-state index >= 15 is 0 Å². The zero-order chi connectivity index (χ0) is 23.5. The Kier molecular flexibility index (Phi) is 6.32. The van der Waals surface area contributed by atoms with Gasteiger partial charge in [0.15, 0.2) is 5.41 Å². The number of nitrogens with two attached hydrogens (primary N) is 1. The van der Waals surface area contributed by atoms with E-state index in [0.717, 1.165) is 0 Å². The van der Waals surface area contributed by atoms with Crippen molar-refractivity contribution in [3.63, 3.8) is 0 Å². The highest BCUT2D eigenvalue weighted by Gasteiger charge is 2.64. The number of nitriles is 3. The van der Waals surface area contributed by atoms with Gasteiger partial charge in [0.25, 0.3) is 0 Å². The van der Waals surface area contributed by atoms with Crippen molar-refractivity contribution in [1.29, 1.82) is 15.8 Å². The van der Waals surface area contributed by atoms with Crippen molar-refractivity contribution in [2.45, 2.75) is 26.7 Å². The van der Waals surface area contributed by atoms with Crippen LogP contribution in [0.4, 0.5) is 9.59 Å². The van der Waals surface area contributed by atoms with Gasteiger partial charge in [-0.1, -0.05) is 6.08 Å². The summed E-state index contributed by atoms with van der Waals surface area (Å²) in [4.78, 5) is 27.7. The standard InChI is InChI=1S/C22H26N6O4/c1-3-31-19(29)27-9-6-21(7-10-27)17-12-28(20(30)32-4-2)8-5-15(17)16(11-23)18(26)22(21,13-24)14-25/h5,17H,3-4,6-10,12,26H2,1-2H3. The number of fused-ring (bicyclic) bond motifs is 2. The van der Waals surface area contributed by atoms with E-state index in [1.165, 1.54) is 4.90 Å². The minimum Gasteiger partial charge on any atom is -0.450 e. The fourth-order valence-electron chi connectivity index (χ4n) is 5.25. The fourth-order valence-corrected chi connectivity index (χ4v) is 5.25. The van der Waals surface area contributed by atoms with Crippen molar-refractivity contribution in [1.82, 2.24) is 9.80 Å². The normalized spacial score (nSPS) is 23.2. The number of amides is 2. The molecule has 1 saturated heterocycles. The zero-order valence-corrected chi connectivity index (χ0v) is 18.3. The number of rotatable bonds is 2. The number of piperidine rings is 1. The molecule has 1 atom stereocenters. The Hall–Kier alpha value is -3.71. The Morgan fingerprint density at radius 3 is 2.16 bits per heavy atom. The summed E-state index contributed by atoms with van der Waals surface area (Å²) in [7, 11) is 0. The molecule has 10 nitrogen and oxygen atoms in total. The molecule has 3 rings (SSSR count). The summed E-state index contributed by atoms with van der Waals surface area (Å²) >= 11 is 0. The van der Waals surface area contributed by atoms with Crippen molar-refractivity contribution in [3.05, 3.63) is 22.9 Å². The molecule has 168 valence electrons. The summed E-state index contributed by atoms with van der Waals surface area (Å²) in [5.41, 5.74) is 4.32. The maximum atomic E-state index is 12.4. The number of allylic oxidation sites excluding steroid dienone is 2. The Labute approximate surface area is 187 Å². The number of carbonyl (C=O) groups is 2. The quantitative estimate of drug-likeness (QED) is 0.686. The molecule has 0 bridgehead atoms. The van der Waals surface area contributed by atoms with Crippen molar-refractivity contribution in [2.24, 2.45) is 22.5 Å². The molecule has 1 fully saturated rings. The first-order valence-electron chi connectivity index (χ1n) is 10.6. The molecule has 3 aliphatic rings. The lowest BCUT2D eigenvalue weighted by Gasteiger charge is -2.56. The number of carbonyl (C=O) groups excluding carboxylic acids is 2. The molecule has 1 unspecified atom stereocenters. The van der Waals surface area contributed by atoms with Crippen LogP contribution in [0.2, 0.25) is 0 Å². The van der Waals surface area contributed by atoms with E-state index in [-0.39, 0.29) is 50.7 Å². The first kappa shape index (κ1) is 23.0. The highest BCUT2D eigenvalue weighted by molar-refractivity contribution is 5.70. The third-order valence-electron chi connectivity index (χ3n) is 6.84. The van der Waals surface area contributed by atoms with E-state index in [4.69, 9.17) is 15.2 Å². The van der Waals surface area contributed by atoms with E-state index in [2.05, 4.69) is 18.2 Å². The first-order valence-corrected chi connectivity index (χ1v) is 10.6. The maximum absolute atomic E-state index is 12.4. The van der Waals surface area contributed by atoms with Crippen LogP contribution in [0.1, 0.15) is 26.7 Å². The van der Waals surface area contributed by atoms with Gasteiger partial charge in [0.2, 0.25) is 0 Å². The molecule has 2 heterocycles. The van der Waals surface area contributed by atoms with Crippen LogP contribution in [-0.2, 0) is 9.47 Å². The molecular weight excluding hydrogens is 412 g/mol. The molecule has 0 saturated carbocycles. The summed E-state index contributed by atoms with van der Waals surface area (Å²) < 4.78 is 10.2. The van der Waals surface area contributed by atoms with Crippen LogP contribution in [0.3, 0.4) is 0 Å². The van der Waals surface area contributed by atoms with E-state index in [0.29, 0.717) is 18.4 Å². The van der Waals surface area contributed by atoms with Crippen LogP contribution in [-0.4, -0.2) is 61.4 Å². The lowest BCUT2D eigenvalue weighted by atomic mass is 9.47. The number of nitrogens with zero attached hydrogens (tertiary/aromatic N) is 5. The van der Waals surface area contributed by atoms with E-state index in [1.807, 2.05) is 0 Å². The van der Waals surface area contributed by atoms with Crippen molar-refractivity contribution in [3.8, 4) is 18.2 Å². The second kappa shape index (κ2) is 8.80. The predicted molar refractivity (Wildman–Crippen MR) is 111 cm³/mol. The molecule has 0 radical (unpaired) electrons. The largest absolute Gasteiger partial charge is 0.450 e. The molecule has 1 spiro atoms. The first-order chi connectivity index (χ1) is 15.4. The van der Waals surface area contributed by atoms with E-state index < -0.39 is 28.9 Å². The molecule has 0 aromatic heterocycles. The molecule has 32 heavy (non-hydrogen) atoms. The maximum Gasteiger partial charge on any atom is 0.410 e. The second-order valence-corrected chi connectivity index (χ2v) is 8.03. The molecule has 10 heteroatoms. The predicted octanol–water partition coefficient (Wildman–Crippen LogP) is 2.02. The Morgan fingerprint density at radius 2 is 1.66 bits per heavy atom. The smallest absolute Gasteiger partial charge is 0.410 e. The van der Waals surface area contributed by atoms with Gasteiger partial charge in [0, 0.05) is 37.5 Å². The highest BCUT2D eigenvalue weighted by Crippen LogP contribution is 2.61. The SMILES string of the molecule is CCOC(=O)N1CCC2(CC1)C1CN(C(=O)OCC)CC=C1C(C#N)=C(N)C2(C#N)C#N. The van der Waals surface area contributed by atoms with Gasteiger partial charge in [-0.25, -0.2) is 9.59 Å². The Morgan fingerprint density at radius 1 is 1.09 bits per heavy atom. The van der Waals surface area contributed by atoms with Crippen molar-refractivity contribution < 1.29 is 19.1 Å². The average molecular weight is 438 g/mol. The lowest BCUT2D eigenvalue weighted by molar-refractivity contribution is -0.0103. The monoisotopic (exact) mass is 438 g/mol. The summed E-state index contributed by atoms with van der Waals surface area (Å²) in [6, 6.07) is 6.32. The molecule has 2 aliphatic heterocycles.